The van der Waals surface area contributed by atoms with Gasteiger partial charge in [0.15, 0.2) is 6.61 Å². The van der Waals surface area contributed by atoms with Crippen LogP contribution in [-0.4, -0.2) is 41.1 Å². The minimum Gasteiger partial charge on any atom is -0.483 e. The number of aliphatic carboxylic acids is 1. The van der Waals surface area contributed by atoms with Crippen LogP contribution in [0.1, 0.15) is 25.3 Å². The smallest absolute Gasteiger partial charge is 0.308 e. The lowest BCUT2D eigenvalue weighted by atomic mass is 9.90. The van der Waals surface area contributed by atoms with Gasteiger partial charge in [-0.1, -0.05) is 17.7 Å². The fourth-order valence-corrected chi connectivity index (χ4v) is 2.96. The van der Waals surface area contributed by atoms with Gasteiger partial charge in [-0.3, -0.25) is 9.59 Å². The van der Waals surface area contributed by atoms with Gasteiger partial charge in [-0.2, -0.15) is 0 Å². The number of halogens is 1. The topological polar surface area (TPSA) is 66.8 Å². The quantitative estimate of drug-likeness (QED) is 0.924. The predicted molar refractivity (Wildman–Crippen MR) is 83.2 cm³/mol. The average Bonchev–Trinajstić information content (AvgIpc) is 2.48. The summed E-state index contributed by atoms with van der Waals surface area (Å²) < 4.78 is 5.55. The molecule has 0 saturated carbocycles. The molecule has 1 fully saturated rings. The van der Waals surface area contributed by atoms with Crippen LogP contribution >= 0.6 is 11.6 Å². The average molecular weight is 326 g/mol. The summed E-state index contributed by atoms with van der Waals surface area (Å²) in [6.07, 6.45) is 1.30. The van der Waals surface area contributed by atoms with Crippen LogP contribution in [-0.2, 0) is 9.59 Å². The van der Waals surface area contributed by atoms with Crippen LogP contribution < -0.4 is 4.74 Å². The summed E-state index contributed by atoms with van der Waals surface area (Å²) in [6.45, 7) is 4.06. The highest BCUT2D eigenvalue weighted by atomic mass is 35.5. The van der Waals surface area contributed by atoms with E-state index < -0.39 is 11.9 Å². The largest absolute Gasteiger partial charge is 0.483 e. The molecule has 22 heavy (non-hydrogen) atoms. The number of carbonyl (C=O) groups excluding carboxylic acids is 1. The summed E-state index contributed by atoms with van der Waals surface area (Å²) in [7, 11) is 0. The van der Waals surface area contributed by atoms with E-state index in [-0.39, 0.29) is 18.6 Å². The van der Waals surface area contributed by atoms with Crippen molar-refractivity contribution in [2.24, 2.45) is 5.92 Å². The molecule has 0 bridgehead atoms. The normalized spacial score (nSPS) is 21.5. The molecule has 1 aliphatic rings. The molecule has 1 saturated heterocycles. The summed E-state index contributed by atoms with van der Waals surface area (Å²) in [4.78, 5) is 25.1. The van der Waals surface area contributed by atoms with Gasteiger partial charge in [0.2, 0.25) is 0 Å². The summed E-state index contributed by atoms with van der Waals surface area (Å²) in [5.41, 5.74) is 0.784. The third-order valence-corrected chi connectivity index (χ3v) is 4.60. The molecule has 0 unspecified atom stereocenters. The number of ether oxygens (including phenoxy) is 1. The van der Waals surface area contributed by atoms with Gasteiger partial charge < -0.3 is 14.7 Å². The Labute approximate surface area is 134 Å². The highest BCUT2D eigenvalue weighted by Crippen LogP contribution is 2.26. The van der Waals surface area contributed by atoms with Gasteiger partial charge in [0, 0.05) is 23.2 Å². The number of piperidine rings is 1. The number of nitrogens with zero attached hydrogens (tertiary/aromatic N) is 1. The first kappa shape index (κ1) is 16.6. The van der Waals surface area contributed by atoms with Crippen molar-refractivity contribution in [3.05, 3.63) is 28.8 Å². The number of carboxylic acid groups (broad SMARTS) is 1. The van der Waals surface area contributed by atoms with E-state index in [0.717, 1.165) is 5.56 Å². The van der Waals surface area contributed by atoms with Crippen molar-refractivity contribution in [2.75, 3.05) is 13.2 Å². The monoisotopic (exact) mass is 325 g/mol. The van der Waals surface area contributed by atoms with Gasteiger partial charge in [0.25, 0.3) is 5.91 Å². The van der Waals surface area contributed by atoms with Gasteiger partial charge in [0.1, 0.15) is 5.75 Å². The summed E-state index contributed by atoms with van der Waals surface area (Å²) >= 11 is 6.01. The Morgan fingerprint density at radius 2 is 2.18 bits per heavy atom. The Morgan fingerprint density at radius 1 is 1.45 bits per heavy atom. The number of rotatable bonds is 4. The molecule has 0 radical (unpaired) electrons. The molecule has 1 aliphatic heterocycles. The molecular weight excluding hydrogens is 306 g/mol. The zero-order valence-corrected chi connectivity index (χ0v) is 13.5. The molecule has 1 N–H and O–H groups in total. The van der Waals surface area contributed by atoms with Gasteiger partial charge >= 0.3 is 5.97 Å². The molecule has 0 aromatic heterocycles. The lowest BCUT2D eigenvalue weighted by molar-refractivity contribution is -0.149. The Bertz CT molecular complexity index is 575. The number of carbonyl (C=O) groups is 2. The molecule has 0 aliphatic carbocycles. The molecule has 1 aromatic carbocycles. The van der Waals surface area contributed by atoms with Crippen LogP contribution in [0.25, 0.3) is 0 Å². The van der Waals surface area contributed by atoms with Crippen molar-refractivity contribution >= 4 is 23.5 Å². The zero-order chi connectivity index (χ0) is 16.3. The van der Waals surface area contributed by atoms with Crippen LogP contribution in [0.3, 0.4) is 0 Å². The summed E-state index contributed by atoms with van der Waals surface area (Å²) in [5.74, 6) is -0.986. The van der Waals surface area contributed by atoms with Gasteiger partial charge in [-0.15, -0.1) is 0 Å². The first-order chi connectivity index (χ1) is 10.4. The second-order valence-electron chi connectivity index (χ2n) is 5.57. The second-order valence-corrected chi connectivity index (χ2v) is 5.97. The van der Waals surface area contributed by atoms with E-state index in [1.165, 1.54) is 0 Å². The van der Waals surface area contributed by atoms with Crippen LogP contribution in [0, 0.1) is 12.8 Å². The van der Waals surface area contributed by atoms with Gasteiger partial charge in [-0.25, -0.2) is 0 Å². The van der Waals surface area contributed by atoms with Crippen molar-refractivity contribution in [3.8, 4) is 5.75 Å². The molecule has 2 atom stereocenters. The van der Waals surface area contributed by atoms with E-state index in [4.69, 9.17) is 16.3 Å². The van der Waals surface area contributed by atoms with E-state index in [9.17, 15) is 14.7 Å². The van der Waals surface area contributed by atoms with Crippen molar-refractivity contribution in [1.29, 1.82) is 0 Å². The Morgan fingerprint density at radius 3 is 2.86 bits per heavy atom. The van der Waals surface area contributed by atoms with Crippen LogP contribution in [0.4, 0.5) is 0 Å². The molecule has 120 valence electrons. The maximum absolute atomic E-state index is 12.3. The highest BCUT2D eigenvalue weighted by molar-refractivity contribution is 6.31. The van der Waals surface area contributed by atoms with Crippen LogP contribution in [0.5, 0.6) is 5.75 Å². The molecular formula is C16H20ClNO4. The Kier molecular flexibility index (Phi) is 5.29. The highest BCUT2D eigenvalue weighted by Gasteiger charge is 2.35. The number of likely N-dealkylation sites (tertiary alicyclic amines) is 1. The van der Waals surface area contributed by atoms with Crippen LogP contribution in [0.15, 0.2) is 18.2 Å². The summed E-state index contributed by atoms with van der Waals surface area (Å²) in [5, 5.41) is 9.78. The van der Waals surface area contributed by atoms with E-state index in [1.54, 1.807) is 30.0 Å². The number of carboxylic acids is 1. The maximum Gasteiger partial charge on any atom is 0.308 e. The first-order valence-corrected chi connectivity index (χ1v) is 7.69. The number of benzene rings is 1. The first-order valence-electron chi connectivity index (χ1n) is 7.32. The van der Waals surface area contributed by atoms with Gasteiger partial charge in [-0.05, 0) is 38.8 Å². The molecule has 1 aromatic rings. The molecule has 5 nitrogen and oxygen atoms in total. The lowest BCUT2D eigenvalue weighted by Gasteiger charge is -2.37. The minimum atomic E-state index is -0.850. The van der Waals surface area contributed by atoms with E-state index in [0.29, 0.717) is 30.2 Å². The maximum atomic E-state index is 12.3. The molecule has 0 spiro atoms. The fraction of sp³-hybridized carbons (Fsp3) is 0.500. The molecule has 1 amide bonds. The number of hydrogen-bond donors (Lipinski definition) is 1. The van der Waals surface area contributed by atoms with Gasteiger partial charge in [0.05, 0.1) is 5.92 Å². The Hall–Kier alpha value is -1.75. The molecule has 6 heteroatoms. The fourth-order valence-electron chi connectivity index (χ4n) is 2.79. The third-order valence-electron chi connectivity index (χ3n) is 4.19. The number of amides is 1. The standard InChI is InChI=1S/C16H20ClNO4/c1-10-13(17)6-3-7-14(10)22-9-15(19)18-8-4-5-12(11(18)2)16(20)21/h3,6-7,11-12H,4-5,8-9H2,1-2H3,(H,20,21)/t11-,12-/m1/s1. The van der Waals surface area contributed by atoms with Crippen molar-refractivity contribution in [2.45, 2.75) is 32.7 Å². The van der Waals surface area contributed by atoms with Crippen molar-refractivity contribution in [3.63, 3.8) is 0 Å². The van der Waals surface area contributed by atoms with E-state index in [2.05, 4.69) is 0 Å². The van der Waals surface area contributed by atoms with Crippen molar-refractivity contribution < 1.29 is 19.4 Å². The Balaban J connectivity index is 2.00. The summed E-state index contributed by atoms with van der Waals surface area (Å²) in [6, 6.07) is 4.96. The SMILES string of the molecule is Cc1c(Cl)cccc1OCC(=O)N1CCC[C@@H](C(=O)O)[C@H]1C. The van der Waals surface area contributed by atoms with Crippen LogP contribution in [0.2, 0.25) is 5.02 Å². The predicted octanol–water partition coefficient (Wildman–Crippen LogP) is 2.74. The zero-order valence-electron chi connectivity index (χ0n) is 12.7. The van der Waals surface area contributed by atoms with E-state index in [1.807, 2.05) is 6.92 Å². The molecule has 1 heterocycles. The van der Waals surface area contributed by atoms with E-state index >= 15 is 0 Å². The minimum absolute atomic E-state index is 0.113. The second kappa shape index (κ2) is 7.01. The van der Waals surface area contributed by atoms with Crippen molar-refractivity contribution in [1.82, 2.24) is 4.90 Å². The third kappa shape index (κ3) is 3.53. The lowest BCUT2D eigenvalue weighted by Crippen LogP contribution is -2.50. The molecule has 2 rings (SSSR count). The number of hydrogen-bond acceptors (Lipinski definition) is 3.